The van der Waals surface area contributed by atoms with E-state index in [1.165, 1.54) is 0 Å². The Morgan fingerprint density at radius 3 is 2.77 bits per heavy atom. The molecule has 2 rings (SSSR count). The first kappa shape index (κ1) is 16.4. The minimum atomic E-state index is -0.208. The number of aryl methyl sites for hydroxylation is 1. The van der Waals surface area contributed by atoms with Crippen LogP contribution in [0.25, 0.3) is 0 Å². The number of aromatic nitrogens is 1. The molecular formula is C16H24N4O2. The summed E-state index contributed by atoms with van der Waals surface area (Å²) in [5.41, 5.74) is 2.17. The zero-order valence-electron chi connectivity index (χ0n) is 13.5. The molecule has 2 heterocycles. The Morgan fingerprint density at radius 1 is 1.36 bits per heavy atom. The molecule has 0 spiro atoms. The van der Waals surface area contributed by atoms with Crippen molar-refractivity contribution in [2.45, 2.75) is 20.4 Å². The van der Waals surface area contributed by atoms with Gasteiger partial charge in [-0.3, -0.25) is 19.5 Å². The van der Waals surface area contributed by atoms with Crippen LogP contribution < -0.4 is 5.32 Å². The standard InChI is InChI=1S/C16H24N4O2/c1-12-5-4-6-18-15(12)11-19-7-8-20(13(2)21)10-14(9-19)16(22)17-3/h4-6,14H,7-11H2,1-3H3,(H,17,22)/t14-/m1/s1. The highest BCUT2D eigenvalue weighted by Crippen LogP contribution is 2.14. The summed E-state index contributed by atoms with van der Waals surface area (Å²) in [5.74, 6) is -0.207. The average Bonchev–Trinajstić information content (AvgIpc) is 2.71. The molecule has 22 heavy (non-hydrogen) atoms. The first-order valence-electron chi connectivity index (χ1n) is 7.61. The number of amides is 2. The Labute approximate surface area is 131 Å². The Kier molecular flexibility index (Phi) is 5.49. The smallest absolute Gasteiger partial charge is 0.225 e. The fraction of sp³-hybridized carbons (Fsp3) is 0.562. The monoisotopic (exact) mass is 304 g/mol. The van der Waals surface area contributed by atoms with E-state index in [4.69, 9.17) is 0 Å². The van der Waals surface area contributed by atoms with Gasteiger partial charge in [0.25, 0.3) is 0 Å². The van der Waals surface area contributed by atoms with Gasteiger partial charge in [-0.05, 0) is 18.6 Å². The predicted molar refractivity (Wildman–Crippen MR) is 84.1 cm³/mol. The van der Waals surface area contributed by atoms with Crippen LogP contribution in [0.15, 0.2) is 18.3 Å². The third-order valence-corrected chi connectivity index (χ3v) is 4.16. The molecule has 0 aromatic carbocycles. The van der Waals surface area contributed by atoms with Crippen molar-refractivity contribution in [1.82, 2.24) is 20.1 Å². The minimum absolute atomic E-state index is 0.0177. The van der Waals surface area contributed by atoms with Gasteiger partial charge >= 0.3 is 0 Å². The largest absolute Gasteiger partial charge is 0.359 e. The SMILES string of the molecule is CNC(=O)[C@@H]1CN(Cc2ncccc2C)CCN(C(C)=O)C1. The summed E-state index contributed by atoms with van der Waals surface area (Å²) in [6, 6.07) is 3.96. The van der Waals surface area contributed by atoms with Gasteiger partial charge in [-0.1, -0.05) is 6.07 Å². The summed E-state index contributed by atoms with van der Waals surface area (Å²) in [7, 11) is 1.64. The molecule has 1 saturated heterocycles. The van der Waals surface area contributed by atoms with Gasteiger partial charge in [0.1, 0.15) is 0 Å². The van der Waals surface area contributed by atoms with Crippen LogP contribution >= 0.6 is 0 Å². The lowest BCUT2D eigenvalue weighted by molar-refractivity contribution is -0.130. The molecule has 6 nitrogen and oxygen atoms in total. The van der Waals surface area contributed by atoms with Crippen LogP contribution in [0.3, 0.4) is 0 Å². The highest BCUT2D eigenvalue weighted by atomic mass is 16.2. The zero-order valence-corrected chi connectivity index (χ0v) is 13.5. The van der Waals surface area contributed by atoms with Crippen LogP contribution in [0.5, 0.6) is 0 Å². The van der Waals surface area contributed by atoms with Crippen molar-refractivity contribution in [3.8, 4) is 0 Å². The quantitative estimate of drug-likeness (QED) is 0.879. The maximum absolute atomic E-state index is 12.1. The maximum atomic E-state index is 12.1. The van der Waals surface area contributed by atoms with Crippen molar-refractivity contribution < 1.29 is 9.59 Å². The molecule has 1 fully saturated rings. The lowest BCUT2D eigenvalue weighted by atomic mass is 10.1. The average molecular weight is 304 g/mol. The summed E-state index contributed by atoms with van der Waals surface area (Å²) in [4.78, 5) is 32.1. The Hall–Kier alpha value is -1.95. The van der Waals surface area contributed by atoms with Gasteiger partial charge in [0.15, 0.2) is 0 Å². The molecule has 1 atom stereocenters. The van der Waals surface area contributed by atoms with Crippen molar-refractivity contribution in [3.63, 3.8) is 0 Å². The van der Waals surface area contributed by atoms with Gasteiger partial charge < -0.3 is 10.2 Å². The predicted octanol–water partition coefficient (Wildman–Crippen LogP) is 0.416. The van der Waals surface area contributed by atoms with Crippen LogP contribution in [0.2, 0.25) is 0 Å². The molecule has 0 radical (unpaired) electrons. The number of pyridine rings is 1. The second-order valence-corrected chi connectivity index (χ2v) is 5.78. The molecule has 6 heteroatoms. The number of rotatable bonds is 3. The zero-order chi connectivity index (χ0) is 16.1. The fourth-order valence-electron chi connectivity index (χ4n) is 2.78. The van der Waals surface area contributed by atoms with Gasteiger partial charge in [-0.2, -0.15) is 0 Å². The van der Waals surface area contributed by atoms with E-state index < -0.39 is 0 Å². The number of carbonyl (C=O) groups is 2. The summed E-state index contributed by atoms with van der Waals surface area (Å²) in [6.07, 6.45) is 1.79. The van der Waals surface area contributed by atoms with Crippen LogP contribution in [-0.2, 0) is 16.1 Å². The van der Waals surface area contributed by atoms with Crippen LogP contribution in [-0.4, -0.2) is 59.8 Å². The molecule has 1 aliphatic rings. The van der Waals surface area contributed by atoms with E-state index in [2.05, 4.69) is 15.2 Å². The number of carbonyl (C=O) groups excluding carboxylic acids is 2. The topological polar surface area (TPSA) is 65.5 Å². The minimum Gasteiger partial charge on any atom is -0.359 e. The van der Waals surface area contributed by atoms with Crippen LogP contribution in [0.4, 0.5) is 0 Å². The van der Waals surface area contributed by atoms with E-state index in [-0.39, 0.29) is 17.7 Å². The second-order valence-electron chi connectivity index (χ2n) is 5.78. The first-order chi connectivity index (χ1) is 10.5. The van der Waals surface area contributed by atoms with Crippen LogP contribution in [0, 0.1) is 12.8 Å². The number of nitrogens with one attached hydrogen (secondary N) is 1. The highest BCUT2D eigenvalue weighted by molar-refractivity contribution is 5.80. The first-order valence-corrected chi connectivity index (χ1v) is 7.61. The van der Waals surface area contributed by atoms with Crippen molar-refractivity contribution in [1.29, 1.82) is 0 Å². The van der Waals surface area contributed by atoms with E-state index in [0.29, 0.717) is 26.2 Å². The maximum Gasteiger partial charge on any atom is 0.225 e. The van der Waals surface area contributed by atoms with Crippen molar-refractivity contribution in [3.05, 3.63) is 29.6 Å². The molecule has 0 unspecified atom stereocenters. The summed E-state index contributed by atoms with van der Waals surface area (Å²) >= 11 is 0. The molecule has 0 bridgehead atoms. The van der Waals surface area contributed by atoms with Crippen LogP contribution in [0.1, 0.15) is 18.2 Å². The van der Waals surface area contributed by atoms with Gasteiger partial charge in [0.2, 0.25) is 11.8 Å². The third-order valence-electron chi connectivity index (χ3n) is 4.16. The van der Waals surface area contributed by atoms with Gasteiger partial charge in [-0.15, -0.1) is 0 Å². The normalized spacial score (nSPS) is 19.6. The molecule has 2 amide bonds. The number of nitrogens with zero attached hydrogens (tertiary/aromatic N) is 3. The molecule has 1 aromatic heterocycles. The number of hydrogen-bond donors (Lipinski definition) is 1. The lowest BCUT2D eigenvalue weighted by Gasteiger charge is -2.23. The fourth-order valence-corrected chi connectivity index (χ4v) is 2.78. The van der Waals surface area contributed by atoms with E-state index >= 15 is 0 Å². The van der Waals surface area contributed by atoms with E-state index in [0.717, 1.165) is 17.8 Å². The lowest BCUT2D eigenvalue weighted by Crippen LogP contribution is -2.40. The Balaban J connectivity index is 2.13. The molecule has 1 N–H and O–H groups in total. The molecule has 0 aliphatic carbocycles. The van der Waals surface area contributed by atoms with Gasteiger partial charge in [-0.25, -0.2) is 0 Å². The second kappa shape index (κ2) is 7.35. The summed E-state index contributed by atoms with van der Waals surface area (Å²) < 4.78 is 0. The molecule has 120 valence electrons. The molecule has 0 saturated carbocycles. The van der Waals surface area contributed by atoms with Gasteiger partial charge in [0.05, 0.1) is 11.6 Å². The van der Waals surface area contributed by atoms with E-state index in [9.17, 15) is 9.59 Å². The third kappa shape index (κ3) is 4.04. The highest BCUT2D eigenvalue weighted by Gasteiger charge is 2.28. The van der Waals surface area contributed by atoms with Crippen molar-refractivity contribution >= 4 is 11.8 Å². The summed E-state index contributed by atoms with van der Waals surface area (Å²) in [6.45, 7) is 6.81. The molecular weight excluding hydrogens is 280 g/mol. The molecule has 1 aromatic rings. The van der Waals surface area contributed by atoms with E-state index in [1.54, 1.807) is 25.1 Å². The Morgan fingerprint density at radius 2 is 2.14 bits per heavy atom. The number of hydrogen-bond acceptors (Lipinski definition) is 4. The Bertz CT molecular complexity index is 547. The van der Waals surface area contributed by atoms with Crippen molar-refractivity contribution in [2.24, 2.45) is 5.92 Å². The van der Waals surface area contributed by atoms with Crippen molar-refractivity contribution in [2.75, 3.05) is 33.2 Å². The van der Waals surface area contributed by atoms with E-state index in [1.807, 2.05) is 19.1 Å². The molecule has 1 aliphatic heterocycles. The summed E-state index contributed by atoms with van der Waals surface area (Å²) in [5, 5.41) is 2.70. The van der Waals surface area contributed by atoms with Gasteiger partial charge in [0, 0.05) is 52.9 Å².